The summed E-state index contributed by atoms with van der Waals surface area (Å²) in [5.41, 5.74) is -0.998. The van der Waals surface area contributed by atoms with Crippen molar-refractivity contribution in [2.45, 2.75) is 25.7 Å². The van der Waals surface area contributed by atoms with Gasteiger partial charge >= 0.3 is 0 Å². The molecule has 1 atom stereocenters. The molecule has 1 aliphatic carbocycles. The van der Waals surface area contributed by atoms with Crippen molar-refractivity contribution in [3.8, 4) is 6.07 Å². The van der Waals surface area contributed by atoms with Gasteiger partial charge in [-0.05, 0) is 0 Å². The molecule has 0 aromatic heterocycles. The van der Waals surface area contributed by atoms with Gasteiger partial charge in [0.25, 0.3) is 5.92 Å². The Morgan fingerprint density at radius 1 is 1.67 bits per heavy atom. The van der Waals surface area contributed by atoms with Crippen molar-refractivity contribution < 1.29 is 8.78 Å². The highest BCUT2D eigenvalue weighted by Gasteiger charge is 2.67. The number of hydrogen-bond acceptors (Lipinski definition) is 1. The smallest absolute Gasteiger partial charge is 0.206 e. The molecule has 0 radical (unpaired) electrons. The highest BCUT2D eigenvalue weighted by molar-refractivity contribution is 5.10. The van der Waals surface area contributed by atoms with Gasteiger partial charge in [0.1, 0.15) is 0 Å². The van der Waals surface area contributed by atoms with Crippen molar-refractivity contribution in [3.05, 3.63) is 0 Å². The maximum atomic E-state index is 12.2. The van der Waals surface area contributed by atoms with Crippen LogP contribution in [0.4, 0.5) is 8.78 Å². The molecule has 0 saturated heterocycles. The quantitative estimate of drug-likeness (QED) is 0.533. The predicted octanol–water partition coefficient (Wildman–Crippen LogP) is 1.95. The fourth-order valence-corrected chi connectivity index (χ4v) is 0.812. The first-order valence-corrected chi connectivity index (χ1v) is 2.77. The molecule has 1 nitrogen and oxygen atoms in total. The summed E-state index contributed by atoms with van der Waals surface area (Å²) in [6, 6.07) is 1.75. The second kappa shape index (κ2) is 1.44. The molecule has 1 saturated carbocycles. The molecule has 0 heterocycles. The van der Waals surface area contributed by atoms with Gasteiger partial charge in [0.05, 0.1) is 6.07 Å². The van der Waals surface area contributed by atoms with Crippen LogP contribution in [0.2, 0.25) is 0 Å². The molecule has 9 heavy (non-hydrogen) atoms. The van der Waals surface area contributed by atoms with Crippen LogP contribution in [-0.4, -0.2) is 5.92 Å². The predicted molar refractivity (Wildman–Crippen MR) is 27.9 cm³/mol. The maximum Gasteiger partial charge on any atom is 0.255 e. The average Bonchev–Trinajstić information content (AvgIpc) is 2.07. The van der Waals surface area contributed by atoms with Gasteiger partial charge < -0.3 is 0 Å². The molecule has 1 aliphatic rings. The van der Waals surface area contributed by atoms with Gasteiger partial charge in [0.15, 0.2) is 0 Å². The lowest BCUT2D eigenvalue weighted by atomic mass is 10.1. The first-order valence-electron chi connectivity index (χ1n) is 2.77. The minimum absolute atomic E-state index is 0.0278. The van der Waals surface area contributed by atoms with Gasteiger partial charge in [-0.1, -0.05) is 6.92 Å². The molecule has 1 fully saturated rings. The Morgan fingerprint density at radius 2 is 2.11 bits per heavy atom. The van der Waals surface area contributed by atoms with Gasteiger partial charge in [0.2, 0.25) is 0 Å². The first-order chi connectivity index (χ1) is 4.02. The van der Waals surface area contributed by atoms with Crippen LogP contribution in [0, 0.1) is 16.7 Å². The van der Waals surface area contributed by atoms with Crippen LogP contribution >= 0.6 is 0 Å². The first kappa shape index (κ1) is 6.47. The van der Waals surface area contributed by atoms with E-state index in [1.165, 1.54) is 6.92 Å². The Kier molecular flexibility index (Phi) is 1.03. The Hall–Kier alpha value is -0.650. The molecule has 0 aromatic rings. The molecular weight excluding hydrogens is 124 g/mol. The van der Waals surface area contributed by atoms with Crippen LogP contribution in [0.15, 0.2) is 0 Å². The minimum Gasteiger partial charge on any atom is -0.206 e. The summed E-state index contributed by atoms with van der Waals surface area (Å²) < 4.78 is 24.4. The van der Waals surface area contributed by atoms with E-state index in [0.717, 1.165) is 0 Å². The fraction of sp³-hybridized carbons (Fsp3) is 0.833. The lowest BCUT2D eigenvalue weighted by molar-refractivity contribution is 0.0715. The van der Waals surface area contributed by atoms with Crippen molar-refractivity contribution >= 4 is 0 Å². The standard InChI is InChI=1S/C6H7F2N/c1-5(2-3-9)4-6(5,7)8/h2,4H2,1H3/t5-/m0/s1. The summed E-state index contributed by atoms with van der Waals surface area (Å²) in [7, 11) is 0. The van der Waals surface area contributed by atoms with E-state index in [4.69, 9.17) is 5.26 Å². The molecule has 1 rings (SSSR count). The van der Waals surface area contributed by atoms with Crippen LogP contribution in [0.5, 0.6) is 0 Å². The third-order valence-corrected chi connectivity index (χ3v) is 1.84. The van der Waals surface area contributed by atoms with Crippen LogP contribution in [-0.2, 0) is 0 Å². The van der Waals surface area contributed by atoms with Gasteiger partial charge in [-0.2, -0.15) is 5.26 Å². The molecule has 0 aliphatic heterocycles. The highest BCUT2D eigenvalue weighted by Crippen LogP contribution is 2.62. The van der Waals surface area contributed by atoms with E-state index in [0.29, 0.717) is 0 Å². The molecule has 0 bridgehead atoms. The SMILES string of the molecule is C[C@]1(CC#N)CC1(F)F. The molecule has 0 spiro atoms. The highest BCUT2D eigenvalue weighted by atomic mass is 19.3. The monoisotopic (exact) mass is 131 g/mol. The molecule has 3 heteroatoms. The van der Waals surface area contributed by atoms with Crippen LogP contribution < -0.4 is 0 Å². The van der Waals surface area contributed by atoms with Gasteiger partial charge in [-0.3, -0.25) is 0 Å². The molecule has 0 aromatic carbocycles. The van der Waals surface area contributed by atoms with Crippen molar-refractivity contribution in [2.75, 3.05) is 0 Å². The number of alkyl halides is 2. The fourth-order valence-electron chi connectivity index (χ4n) is 0.812. The van der Waals surface area contributed by atoms with Crippen LogP contribution in [0.25, 0.3) is 0 Å². The average molecular weight is 131 g/mol. The summed E-state index contributed by atoms with van der Waals surface area (Å²) >= 11 is 0. The summed E-state index contributed by atoms with van der Waals surface area (Å²) in [5.74, 6) is -2.57. The molecule has 0 amide bonds. The Morgan fingerprint density at radius 3 is 2.22 bits per heavy atom. The van der Waals surface area contributed by atoms with Crippen molar-refractivity contribution in [1.82, 2.24) is 0 Å². The van der Waals surface area contributed by atoms with E-state index in [-0.39, 0.29) is 12.8 Å². The Labute approximate surface area is 52.3 Å². The van der Waals surface area contributed by atoms with Crippen LogP contribution in [0.3, 0.4) is 0 Å². The number of halogens is 2. The van der Waals surface area contributed by atoms with Gasteiger partial charge in [0, 0.05) is 18.3 Å². The number of hydrogen-bond donors (Lipinski definition) is 0. The summed E-state index contributed by atoms with van der Waals surface area (Å²) in [6.45, 7) is 1.44. The Bertz CT molecular complexity index is 170. The second-order valence-electron chi connectivity index (χ2n) is 2.78. The van der Waals surface area contributed by atoms with Gasteiger partial charge in [-0.25, -0.2) is 8.78 Å². The summed E-state index contributed by atoms with van der Waals surface area (Å²) in [4.78, 5) is 0. The largest absolute Gasteiger partial charge is 0.255 e. The zero-order valence-corrected chi connectivity index (χ0v) is 5.12. The second-order valence-corrected chi connectivity index (χ2v) is 2.78. The van der Waals surface area contributed by atoms with E-state index < -0.39 is 11.3 Å². The maximum absolute atomic E-state index is 12.2. The third-order valence-electron chi connectivity index (χ3n) is 1.84. The van der Waals surface area contributed by atoms with Crippen molar-refractivity contribution in [3.63, 3.8) is 0 Å². The molecular formula is C6H7F2N. The zero-order valence-electron chi connectivity index (χ0n) is 5.12. The van der Waals surface area contributed by atoms with Crippen molar-refractivity contribution in [1.29, 1.82) is 5.26 Å². The lowest BCUT2D eigenvalue weighted by Crippen LogP contribution is -2.04. The van der Waals surface area contributed by atoms with E-state index in [1.54, 1.807) is 6.07 Å². The molecule has 0 N–H and O–H groups in total. The van der Waals surface area contributed by atoms with Crippen LogP contribution in [0.1, 0.15) is 19.8 Å². The molecule has 0 unspecified atom stereocenters. The van der Waals surface area contributed by atoms with E-state index in [9.17, 15) is 8.78 Å². The normalized spacial score (nSPS) is 37.6. The zero-order chi connectivity index (χ0) is 7.12. The number of nitriles is 1. The Balaban J connectivity index is 2.55. The van der Waals surface area contributed by atoms with Gasteiger partial charge in [-0.15, -0.1) is 0 Å². The van der Waals surface area contributed by atoms with E-state index >= 15 is 0 Å². The molecule has 50 valence electrons. The number of nitrogens with zero attached hydrogens (tertiary/aromatic N) is 1. The van der Waals surface area contributed by atoms with Crippen molar-refractivity contribution in [2.24, 2.45) is 5.41 Å². The number of rotatable bonds is 1. The summed E-state index contributed by atoms with van der Waals surface area (Å²) in [6.07, 6.45) is -0.145. The topological polar surface area (TPSA) is 23.8 Å². The minimum atomic E-state index is -2.57. The third kappa shape index (κ3) is 0.787. The van der Waals surface area contributed by atoms with E-state index in [1.807, 2.05) is 0 Å². The van der Waals surface area contributed by atoms with E-state index in [2.05, 4.69) is 0 Å². The lowest BCUT2D eigenvalue weighted by Gasteiger charge is -2.00. The summed E-state index contributed by atoms with van der Waals surface area (Å²) in [5, 5.41) is 8.09.